The van der Waals surface area contributed by atoms with E-state index in [0.717, 1.165) is 5.56 Å². The Bertz CT molecular complexity index is 667. The van der Waals surface area contributed by atoms with Gasteiger partial charge < -0.3 is 15.3 Å². The van der Waals surface area contributed by atoms with E-state index >= 15 is 0 Å². The summed E-state index contributed by atoms with van der Waals surface area (Å²) >= 11 is 1.58. The summed E-state index contributed by atoms with van der Waals surface area (Å²) < 4.78 is 0. The van der Waals surface area contributed by atoms with E-state index in [-0.39, 0.29) is 23.7 Å². The molecule has 0 saturated carbocycles. The van der Waals surface area contributed by atoms with Gasteiger partial charge in [-0.05, 0) is 29.5 Å². The number of carboxylic acid groups (broad SMARTS) is 1. The summed E-state index contributed by atoms with van der Waals surface area (Å²) in [6.45, 7) is 6.03. The summed E-state index contributed by atoms with van der Waals surface area (Å²) in [5, 5.41) is 11.6. The topological polar surface area (TPSA) is 86.7 Å². The average Bonchev–Trinajstić information content (AvgIpc) is 3.02. The van der Waals surface area contributed by atoms with Crippen LogP contribution in [0, 0.1) is 5.41 Å². The lowest BCUT2D eigenvalue weighted by Gasteiger charge is -2.26. The van der Waals surface area contributed by atoms with Gasteiger partial charge in [0.25, 0.3) is 0 Å². The van der Waals surface area contributed by atoms with E-state index in [0.29, 0.717) is 30.2 Å². The quantitative estimate of drug-likeness (QED) is 0.795. The van der Waals surface area contributed by atoms with Crippen molar-refractivity contribution in [1.82, 2.24) is 4.90 Å². The molecule has 26 heavy (non-hydrogen) atoms. The molecular formula is C19H26N2O4S. The van der Waals surface area contributed by atoms with Crippen LogP contribution in [0.4, 0.5) is 5.69 Å². The smallest absolute Gasteiger partial charge is 0.303 e. The largest absolute Gasteiger partial charge is 0.481 e. The maximum Gasteiger partial charge on any atom is 0.303 e. The first-order valence-corrected chi connectivity index (χ1v) is 9.80. The van der Waals surface area contributed by atoms with E-state index in [2.05, 4.69) is 5.32 Å². The SMILES string of the molecule is CC(C)(C)CC(=O)N1CSCC1C(=O)Nc1ccc(CCC(=O)O)cc1. The Morgan fingerprint density at radius 3 is 2.46 bits per heavy atom. The zero-order chi connectivity index (χ0) is 19.3. The molecule has 0 bridgehead atoms. The second kappa shape index (κ2) is 8.58. The minimum Gasteiger partial charge on any atom is -0.481 e. The summed E-state index contributed by atoms with van der Waals surface area (Å²) in [7, 11) is 0. The van der Waals surface area contributed by atoms with E-state index in [1.54, 1.807) is 28.8 Å². The Kier molecular flexibility index (Phi) is 6.69. The van der Waals surface area contributed by atoms with Crippen LogP contribution >= 0.6 is 11.8 Å². The molecule has 1 aromatic rings. The second-order valence-electron chi connectivity index (χ2n) is 7.70. The van der Waals surface area contributed by atoms with Crippen LogP contribution in [0.25, 0.3) is 0 Å². The summed E-state index contributed by atoms with van der Waals surface area (Å²) in [5.74, 6) is 0.128. The number of aliphatic carboxylic acids is 1. The van der Waals surface area contributed by atoms with Gasteiger partial charge in [0.2, 0.25) is 11.8 Å². The predicted octanol–water partition coefficient (Wildman–Crippen LogP) is 2.98. The summed E-state index contributed by atoms with van der Waals surface area (Å²) in [6, 6.07) is 6.69. The second-order valence-corrected chi connectivity index (χ2v) is 8.70. The van der Waals surface area contributed by atoms with Crippen molar-refractivity contribution in [2.24, 2.45) is 5.41 Å². The van der Waals surface area contributed by atoms with Crippen LogP contribution in [-0.2, 0) is 20.8 Å². The van der Waals surface area contributed by atoms with E-state index in [9.17, 15) is 14.4 Å². The molecule has 0 aliphatic carbocycles. The predicted molar refractivity (Wildman–Crippen MR) is 103 cm³/mol. The summed E-state index contributed by atoms with van der Waals surface area (Å²) in [5.41, 5.74) is 1.44. The number of hydrogen-bond donors (Lipinski definition) is 2. The number of carbonyl (C=O) groups is 3. The molecule has 2 amide bonds. The Labute approximate surface area is 158 Å². The van der Waals surface area contributed by atoms with Gasteiger partial charge in [0.1, 0.15) is 6.04 Å². The van der Waals surface area contributed by atoms with E-state index in [1.165, 1.54) is 0 Å². The van der Waals surface area contributed by atoms with Crippen LogP contribution < -0.4 is 5.32 Å². The van der Waals surface area contributed by atoms with Gasteiger partial charge in [-0.1, -0.05) is 32.9 Å². The number of carboxylic acids is 1. The van der Waals surface area contributed by atoms with Crippen LogP contribution in [0.2, 0.25) is 0 Å². The lowest BCUT2D eigenvalue weighted by molar-refractivity contribution is -0.137. The van der Waals surface area contributed by atoms with Crippen molar-refractivity contribution in [2.45, 2.75) is 46.1 Å². The molecule has 2 rings (SSSR count). The Morgan fingerprint density at radius 1 is 1.23 bits per heavy atom. The molecule has 0 spiro atoms. The zero-order valence-corrected chi connectivity index (χ0v) is 16.3. The molecule has 1 heterocycles. The number of benzene rings is 1. The Hall–Kier alpha value is -2.02. The number of aryl methyl sites for hydroxylation is 1. The van der Waals surface area contributed by atoms with Crippen LogP contribution in [0.15, 0.2) is 24.3 Å². The van der Waals surface area contributed by atoms with Gasteiger partial charge in [0.05, 0.1) is 5.88 Å². The molecule has 1 atom stereocenters. The van der Waals surface area contributed by atoms with Crippen molar-refractivity contribution < 1.29 is 19.5 Å². The Balaban J connectivity index is 1.95. The lowest BCUT2D eigenvalue weighted by atomic mass is 9.91. The van der Waals surface area contributed by atoms with E-state index in [4.69, 9.17) is 5.11 Å². The van der Waals surface area contributed by atoms with Gasteiger partial charge in [0, 0.05) is 24.3 Å². The first-order chi connectivity index (χ1) is 12.2. The molecule has 1 aliphatic rings. The van der Waals surface area contributed by atoms with Crippen molar-refractivity contribution in [3.05, 3.63) is 29.8 Å². The standard InChI is InChI=1S/C19H26N2O4S/c1-19(2,3)10-16(22)21-12-26-11-15(21)18(25)20-14-7-4-13(5-8-14)6-9-17(23)24/h4-5,7-8,15H,6,9-12H2,1-3H3,(H,20,25)(H,23,24). The van der Waals surface area contributed by atoms with Gasteiger partial charge in [-0.15, -0.1) is 11.8 Å². The molecule has 0 aromatic heterocycles. The number of nitrogens with zero attached hydrogens (tertiary/aromatic N) is 1. The van der Waals surface area contributed by atoms with Crippen LogP contribution in [-0.4, -0.2) is 45.5 Å². The molecule has 1 aromatic carbocycles. The highest BCUT2D eigenvalue weighted by Gasteiger charge is 2.35. The van der Waals surface area contributed by atoms with Gasteiger partial charge in [-0.3, -0.25) is 14.4 Å². The van der Waals surface area contributed by atoms with Crippen molar-refractivity contribution in [3.8, 4) is 0 Å². The van der Waals surface area contributed by atoms with Crippen LogP contribution in [0.5, 0.6) is 0 Å². The van der Waals surface area contributed by atoms with Gasteiger partial charge in [-0.2, -0.15) is 0 Å². The van der Waals surface area contributed by atoms with Crippen molar-refractivity contribution in [1.29, 1.82) is 0 Å². The average molecular weight is 378 g/mol. The van der Waals surface area contributed by atoms with Gasteiger partial charge >= 0.3 is 5.97 Å². The molecule has 2 N–H and O–H groups in total. The molecule has 1 fully saturated rings. The van der Waals surface area contributed by atoms with Crippen LogP contribution in [0.1, 0.15) is 39.2 Å². The number of nitrogens with one attached hydrogen (secondary N) is 1. The molecule has 1 saturated heterocycles. The van der Waals surface area contributed by atoms with E-state index in [1.807, 2.05) is 32.9 Å². The van der Waals surface area contributed by atoms with Gasteiger partial charge in [-0.25, -0.2) is 0 Å². The highest BCUT2D eigenvalue weighted by Crippen LogP contribution is 2.27. The number of thioether (sulfide) groups is 1. The number of amides is 2. The highest BCUT2D eigenvalue weighted by atomic mass is 32.2. The zero-order valence-electron chi connectivity index (χ0n) is 15.4. The molecule has 0 radical (unpaired) electrons. The number of hydrogen-bond acceptors (Lipinski definition) is 4. The molecule has 142 valence electrons. The van der Waals surface area contributed by atoms with Crippen molar-refractivity contribution in [2.75, 3.05) is 16.9 Å². The minimum atomic E-state index is -0.832. The minimum absolute atomic E-state index is 0.00617. The number of rotatable bonds is 6. The lowest BCUT2D eigenvalue weighted by Crippen LogP contribution is -2.45. The van der Waals surface area contributed by atoms with Crippen molar-refractivity contribution in [3.63, 3.8) is 0 Å². The fourth-order valence-electron chi connectivity index (χ4n) is 2.69. The third-order valence-electron chi connectivity index (χ3n) is 4.04. The highest BCUT2D eigenvalue weighted by molar-refractivity contribution is 7.99. The Morgan fingerprint density at radius 2 is 1.88 bits per heavy atom. The summed E-state index contributed by atoms with van der Waals surface area (Å²) in [4.78, 5) is 37.4. The first-order valence-electron chi connectivity index (χ1n) is 8.64. The molecule has 7 heteroatoms. The first kappa shape index (κ1) is 20.3. The third kappa shape index (κ3) is 6.05. The van der Waals surface area contributed by atoms with Crippen molar-refractivity contribution >= 4 is 35.2 Å². The fraction of sp³-hybridized carbons (Fsp3) is 0.526. The molecule has 1 aliphatic heterocycles. The molecule has 6 nitrogen and oxygen atoms in total. The number of anilines is 1. The van der Waals surface area contributed by atoms with E-state index < -0.39 is 12.0 Å². The third-order valence-corrected chi connectivity index (χ3v) is 5.05. The maximum atomic E-state index is 12.6. The normalized spacial score (nSPS) is 17.2. The molecular weight excluding hydrogens is 352 g/mol. The molecule has 1 unspecified atom stereocenters. The number of carbonyl (C=O) groups excluding carboxylic acids is 2. The summed E-state index contributed by atoms with van der Waals surface area (Å²) in [6.07, 6.45) is 0.948. The monoisotopic (exact) mass is 378 g/mol. The van der Waals surface area contributed by atoms with Gasteiger partial charge in [0.15, 0.2) is 0 Å². The van der Waals surface area contributed by atoms with Crippen LogP contribution in [0.3, 0.4) is 0 Å². The maximum absolute atomic E-state index is 12.6. The fourth-order valence-corrected chi connectivity index (χ4v) is 3.87.